The average Bonchev–Trinajstić information content (AvgIpc) is 2.20. The summed E-state index contributed by atoms with van der Waals surface area (Å²) in [4.78, 5) is 10.1. The third kappa shape index (κ3) is 2.32. The van der Waals surface area contributed by atoms with Crippen LogP contribution in [0, 0.1) is 5.82 Å². The lowest BCUT2D eigenvalue weighted by molar-refractivity contribution is -0.107. The first-order valence-corrected chi connectivity index (χ1v) is 4.94. The summed E-state index contributed by atoms with van der Waals surface area (Å²) in [6.07, 6.45) is 1.52. The van der Waals surface area contributed by atoms with Crippen molar-refractivity contribution in [1.29, 1.82) is 0 Å². The van der Waals surface area contributed by atoms with E-state index in [1.807, 2.05) is 0 Å². The lowest BCUT2D eigenvalue weighted by atomic mass is 10.1. The van der Waals surface area contributed by atoms with Gasteiger partial charge in [-0.1, -0.05) is 6.07 Å². The van der Waals surface area contributed by atoms with Crippen LogP contribution in [-0.2, 0) is 11.2 Å². The van der Waals surface area contributed by atoms with Crippen LogP contribution in [0.5, 0.6) is 5.75 Å². The number of carbonyl (C=O) groups is 1. The predicted molar refractivity (Wildman–Crippen MR) is 55.0 cm³/mol. The van der Waals surface area contributed by atoms with Crippen molar-refractivity contribution >= 4 is 22.2 Å². The van der Waals surface area contributed by atoms with E-state index in [9.17, 15) is 9.18 Å². The summed E-state index contributed by atoms with van der Waals surface area (Å²) < 4.78 is 18.8. The van der Waals surface area contributed by atoms with Gasteiger partial charge in [-0.15, -0.1) is 0 Å². The molecule has 0 saturated heterocycles. The minimum atomic E-state index is -0.355. The zero-order valence-corrected chi connectivity index (χ0v) is 9.30. The van der Waals surface area contributed by atoms with Crippen LogP contribution in [0.4, 0.5) is 4.39 Å². The lowest BCUT2D eigenvalue weighted by Crippen LogP contribution is -1.95. The van der Waals surface area contributed by atoms with Gasteiger partial charge in [-0.25, -0.2) is 4.39 Å². The van der Waals surface area contributed by atoms with Crippen LogP contribution >= 0.6 is 15.9 Å². The van der Waals surface area contributed by atoms with Gasteiger partial charge in [0.25, 0.3) is 0 Å². The van der Waals surface area contributed by atoms with Crippen molar-refractivity contribution in [2.75, 3.05) is 7.11 Å². The van der Waals surface area contributed by atoms with E-state index >= 15 is 0 Å². The van der Waals surface area contributed by atoms with Crippen molar-refractivity contribution in [1.82, 2.24) is 0 Å². The highest BCUT2D eigenvalue weighted by Crippen LogP contribution is 2.29. The highest BCUT2D eigenvalue weighted by Gasteiger charge is 2.10. The summed E-state index contributed by atoms with van der Waals surface area (Å²) in [7, 11) is 1.48. The van der Waals surface area contributed by atoms with Crippen LogP contribution in [0.25, 0.3) is 0 Å². The molecule has 0 aliphatic heterocycles. The van der Waals surface area contributed by atoms with Gasteiger partial charge in [0.15, 0.2) is 0 Å². The fraction of sp³-hybridized carbons (Fsp3) is 0.300. The monoisotopic (exact) mass is 260 g/mol. The fourth-order valence-electron chi connectivity index (χ4n) is 1.14. The summed E-state index contributed by atoms with van der Waals surface area (Å²) in [6.45, 7) is 0. The van der Waals surface area contributed by atoms with E-state index in [1.165, 1.54) is 7.11 Å². The average molecular weight is 261 g/mol. The molecule has 14 heavy (non-hydrogen) atoms. The maximum Gasteiger partial charge on any atom is 0.144 e. The Morgan fingerprint density at radius 1 is 1.57 bits per heavy atom. The number of aldehydes is 1. The van der Waals surface area contributed by atoms with Crippen LogP contribution in [0.3, 0.4) is 0 Å². The second-order valence-corrected chi connectivity index (χ2v) is 3.55. The quantitative estimate of drug-likeness (QED) is 0.779. The highest BCUT2D eigenvalue weighted by molar-refractivity contribution is 9.10. The summed E-state index contributed by atoms with van der Waals surface area (Å²) in [5, 5.41) is 0. The summed E-state index contributed by atoms with van der Waals surface area (Å²) >= 11 is 3.09. The second-order valence-electron chi connectivity index (χ2n) is 2.76. The predicted octanol–water partition coefficient (Wildman–Crippen LogP) is 2.73. The maximum absolute atomic E-state index is 13.5. The molecule has 2 nitrogen and oxygen atoms in total. The molecule has 1 aromatic rings. The zero-order valence-electron chi connectivity index (χ0n) is 7.72. The minimum absolute atomic E-state index is 0.309. The standard InChI is InChI=1S/C10H10BrFO2/c1-14-8-5-4-7(3-2-6-13)10(12)9(8)11/h4-6H,2-3H2,1H3. The molecule has 0 unspecified atom stereocenters. The molecule has 0 bridgehead atoms. The Kier molecular flexibility index (Phi) is 4.07. The number of hydrogen-bond donors (Lipinski definition) is 0. The van der Waals surface area contributed by atoms with Crippen molar-refractivity contribution in [2.24, 2.45) is 0 Å². The Hall–Kier alpha value is -0.900. The molecule has 0 aliphatic rings. The molecular weight excluding hydrogens is 251 g/mol. The molecular formula is C10H10BrFO2. The number of methoxy groups -OCH3 is 1. The zero-order chi connectivity index (χ0) is 10.6. The summed E-state index contributed by atoms with van der Waals surface area (Å²) in [5.74, 6) is 0.101. The smallest absolute Gasteiger partial charge is 0.144 e. The molecule has 0 aliphatic carbocycles. The number of aryl methyl sites for hydroxylation is 1. The van der Waals surface area contributed by atoms with Crippen LogP contribution in [0.2, 0.25) is 0 Å². The highest BCUT2D eigenvalue weighted by atomic mass is 79.9. The fourth-order valence-corrected chi connectivity index (χ4v) is 1.69. The number of carbonyl (C=O) groups excluding carboxylic acids is 1. The molecule has 0 heterocycles. The van der Waals surface area contributed by atoms with E-state index in [0.717, 1.165) is 6.29 Å². The van der Waals surface area contributed by atoms with E-state index in [-0.39, 0.29) is 5.82 Å². The first kappa shape index (κ1) is 11.2. The van der Waals surface area contributed by atoms with Gasteiger partial charge in [0, 0.05) is 6.42 Å². The van der Waals surface area contributed by atoms with E-state index in [0.29, 0.717) is 28.6 Å². The molecule has 4 heteroatoms. The number of benzene rings is 1. The van der Waals surface area contributed by atoms with Gasteiger partial charge < -0.3 is 9.53 Å². The molecule has 0 radical (unpaired) electrons. The van der Waals surface area contributed by atoms with Crippen molar-refractivity contribution in [3.63, 3.8) is 0 Å². The molecule has 1 aromatic carbocycles. The van der Waals surface area contributed by atoms with Crippen LogP contribution < -0.4 is 4.74 Å². The maximum atomic E-state index is 13.5. The SMILES string of the molecule is COc1ccc(CCC=O)c(F)c1Br. The first-order valence-electron chi connectivity index (χ1n) is 4.15. The summed E-state index contributed by atoms with van der Waals surface area (Å²) in [6, 6.07) is 3.30. The Labute approximate surface area is 90.2 Å². The van der Waals surface area contributed by atoms with E-state index in [4.69, 9.17) is 4.74 Å². The second kappa shape index (κ2) is 5.10. The minimum Gasteiger partial charge on any atom is -0.495 e. The van der Waals surface area contributed by atoms with Crippen molar-refractivity contribution < 1.29 is 13.9 Å². The molecule has 0 fully saturated rings. The normalized spacial score (nSPS) is 9.93. The van der Waals surface area contributed by atoms with Crippen molar-refractivity contribution in [2.45, 2.75) is 12.8 Å². The van der Waals surface area contributed by atoms with E-state index in [2.05, 4.69) is 15.9 Å². The molecule has 0 aromatic heterocycles. The van der Waals surface area contributed by atoms with Gasteiger partial charge in [0.1, 0.15) is 17.9 Å². The number of ether oxygens (including phenoxy) is 1. The first-order chi connectivity index (χ1) is 6.70. The van der Waals surface area contributed by atoms with Crippen LogP contribution in [-0.4, -0.2) is 13.4 Å². The van der Waals surface area contributed by atoms with E-state index in [1.54, 1.807) is 12.1 Å². The number of halogens is 2. The Balaban J connectivity index is 2.98. The third-order valence-corrected chi connectivity index (χ3v) is 2.62. The van der Waals surface area contributed by atoms with Crippen molar-refractivity contribution in [3.8, 4) is 5.75 Å². The van der Waals surface area contributed by atoms with Gasteiger partial charge >= 0.3 is 0 Å². The molecule has 0 atom stereocenters. The van der Waals surface area contributed by atoms with Gasteiger partial charge in [0.2, 0.25) is 0 Å². The Morgan fingerprint density at radius 3 is 2.86 bits per heavy atom. The lowest BCUT2D eigenvalue weighted by Gasteiger charge is -2.07. The summed E-state index contributed by atoms with van der Waals surface area (Å²) in [5.41, 5.74) is 0.518. The molecule has 0 amide bonds. The Bertz CT molecular complexity index is 339. The van der Waals surface area contributed by atoms with Crippen LogP contribution in [0.1, 0.15) is 12.0 Å². The number of hydrogen-bond acceptors (Lipinski definition) is 2. The van der Waals surface area contributed by atoms with Crippen LogP contribution in [0.15, 0.2) is 16.6 Å². The molecule has 0 spiro atoms. The molecule has 1 rings (SSSR count). The molecule has 0 saturated carbocycles. The van der Waals surface area contributed by atoms with Gasteiger partial charge in [-0.3, -0.25) is 0 Å². The van der Waals surface area contributed by atoms with Gasteiger partial charge in [-0.05, 0) is 34.0 Å². The van der Waals surface area contributed by atoms with Gasteiger partial charge in [-0.2, -0.15) is 0 Å². The van der Waals surface area contributed by atoms with Gasteiger partial charge in [0.05, 0.1) is 11.6 Å². The largest absolute Gasteiger partial charge is 0.495 e. The number of rotatable bonds is 4. The third-order valence-electron chi connectivity index (χ3n) is 1.88. The molecule has 76 valence electrons. The topological polar surface area (TPSA) is 26.3 Å². The Morgan fingerprint density at radius 2 is 2.29 bits per heavy atom. The van der Waals surface area contributed by atoms with E-state index < -0.39 is 0 Å². The molecule has 0 N–H and O–H groups in total. The van der Waals surface area contributed by atoms with Crippen molar-refractivity contribution in [3.05, 3.63) is 28.0 Å².